The fraction of sp³-hybridized carbons (Fsp3) is 0.458. The molecule has 198 valence electrons. The maximum absolute atomic E-state index is 14.1. The summed E-state index contributed by atoms with van der Waals surface area (Å²) in [6.45, 7) is 10.9. The van der Waals surface area contributed by atoms with Gasteiger partial charge in [-0.15, -0.1) is 0 Å². The van der Waals surface area contributed by atoms with Crippen molar-refractivity contribution in [1.82, 2.24) is 18.5 Å². The molecule has 1 atom stereocenters. The Kier molecular flexibility index (Phi) is 8.28. The minimum absolute atomic E-state index is 0.116. The van der Waals surface area contributed by atoms with Crippen molar-refractivity contribution in [1.29, 1.82) is 0 Å². The van der Waals surface area contributed by atoms with Crippen LogP contribution in [0.25, 0.3) is 21.6 Å². The Balaban J connectivity index is 1.93. The number of alkyl halides is 5. The molecule has 2 heterocycles. The minimum atomic E-state index is -4.68. The number of carbonyl (C=O) groups is 1. The van der Waals surface area contributed by atoms with E-state index in [0.29, 0.717) is 20.5 Å². The third-order valence-electron chi connectivity index (χ3n) is 4.56. The van der Waals surface area contributed by atoms with Crippen molar-refractivity contribution < 1.29 is 27.4 Å². The fourth-order valence-corrected chi connectivity index (χ4v) is 10.2. The molecule has 0 saturated heterocycles. The third-order valence-corrected chi connectivity index (χ3v) is 12.0. The van der Waals surface area contributed by atoms with Crippen LogP contribution in [0.2, 0.25) is 0 Å². The van der Waals surface area contributed by atoms with Gasteiger partial charge in [-0.3, -0.25) is 0 Å². The Labute approximate surface area is 216 Å². The Morgan fingerprint density at radius 1 is 1.22 bits per heavy atom. The van der Waals surface area contributed by atoms with Crippen LogP contribution >= 0.6 is 29.6 Å². The summed E-state index contributed by atoms with van der Waals surface area (Å²) in [6.07, 6.45) is -4.01. The summed E-state index contributed by atoms with van der Waals surface area (Å²) in [5.74, 6) is -0.180. The molecule has 0 radical (unpaired) electrons. The molecule has 0 spiro atoms. The fourth-order valence-electron chi connectivity index (χ4n) is 3.42. The molecule has 0 fully saturated rings. The van der Waals surface area contributed by atoms with Crippen molar-refractivity contribution in [3.8, 4) is 17.0 Å². The molecule has 0 saturated carbocycles. The number of carbonyl (C=O) groups excluding carboxylic acids is 1. The van der Waals surface area contributed by atoms with Crippen molar-refractivity contribution in [3.63, 3.8) is 0 Å². The van der Waals surface area contributed by atoms with Crippen LogP contribution in [0.1, 0.15) is 45.2 Å². The second-order valence-corrected chi connectivity index (χ2v) is 18.4. The zero-order valence-electron chi connectivity index (χ0n) is 21.0. The Morgan fingerprint density at radius 3 is 2.53 bits per heavy atom. The van der Waals surface area contributed by atoms with Gasteiger partial charge in [0.05, 0.1) is 0 Å². The normalized spacial score (nSPS) is 14.9. The maximum atomic E-state index is 14.1. The number of aromatic nitrogens is 3. The van der Waals surface area contributed by atoms with Crippen LogP contribution in [0, 0.1) is 12.8 Å². The van der Waals surface area contributed by atoms with E-state index in [1.165, 1.54) is 29.8 Å². The van der Waals surface area contributed by atoms with Gasteiger partial charge < -0.3 is 0 Å². The van der Waals surface area contributed by atoms with Crippen molar-refractivity contribution in [2.45, 2.75) is 53.3 Å². The molecule has 36 heavy (non-hydrogen) atoms. The second kappa shape index (κ2) is 10.6. The summed E-state index contributed by atoms with van der Waals surface area (Å²) in [5, 5.41) is 0.739. The molecule has 1 amide bonds. The van der Waals surface area contributed by atoms with Crippen LogP contribution in [-0.4, -0.2) is 40.2 Å². The Hall–Kier alpha value is -2.35. The molecule has 0 bridgehead atoms. The average molecular weight is 638 g/mol. The molecule has 7 nitrogen and oxygen atoms in total. The van der Waals surface area contributed by atoms with E-state index in [4.69, 9.17) is 9.47 Å². The number of rotatable bonds is 7. The summed E-state index contributed by atoms with van der Waals surface area (Å²) in [4.78, 5) is 25.7. The van der Waals surface area contributed by atoms with Crippen LogP contribution in [-0.2, 0) is 10.9 Å². The van der Waals surface area contributed by atoms with E-state index in [1.807, 2.05) is 13.8 Å². The van der Waals surface area contributed by atoms with Gasteiger partial charge in [0.25, 0.3) is 0 Å². The monoisotopic (exact) mass is 638 g/mol. The second-order valence-electron chi connectivity index (χ2n) is 9.68. The average Bonchev–Trinajstić information content (AvgIpc) is 3.09. The van der Waals surface area contributed by atoms with E-state index in [2.05, 4.69) is 23.0 Å². The molecule has 0 aliphatic rings. The summed E-state index contributed by atoms with van der Waals surface area (Å²) < 4.78 is 60.8. The number of nitrogens with zero attached hydrogens (tertiary/aromatic N) is 3. The molecule has 1 unspecified atom stereocenters. The first-order valence-corrected chi connectivity index (χ1v) is 17.5. The van der Waals surface area contributed by atoms with E-state index in [0.717, 1.165) is 11.1 Å². The standard InChI is InChI=1S/C24H30F3IN4O3S/c1-14(2)11-28(7,32-22(33)35-23(4,5)6)12-34-18-9-8-16(10-17(18)24(25,26)27)19-20-21(30-13-29-19)36-15(3)31-20/h8-10,13-14H,7,11-12H2,1-6H3,(H,32,33). The molecular formula is C24H30F3IN4O3S. The molecular weight excluding hydrogens is 608 g/mol. The number of benzene rings is 1. The molecule has 3 aromatic rings. The molecule has 0 aliphatic carbocycles. The Morgan fingerprint density at radius 2 is 1.92 bits per heavy atom. The van der Waals surface area contributed by atoms with E-state index < -0.39 is 41.7 Å². The van der Waals surface area contributed by atoms with E-state index in [9.17, 15) is 18.0 Å². The van der Waals surface area contributed by atoms with Gasteiger partial charge >= 0.3 is 217 Å². The van der Waals surface area contributed by atoms with Gasteiger partial charge in [-0.2, -0.15) is 0 Å². The Bertz CT molecular complexity index is 1300. The molecule has 12 heteroatoms. The molecule has 0 aliphatic heterocycles. The third kappa shape index (κ3) is 7.34. The summed E-state index contributed by atoms with van der Waals surface area (Å²) in [5.41, 5.74) is -0.637. The zero-order chi connectivity index (χ0) is 26.9. The topological polar surface area (TPSA) is 86.2 Å². The van der Waals surface area contributed by atoms with Gasteiger partial charge in [0.1, 0.15) is 0 Å². The van der Waals surface area contributed by atoms with Crippen LogP contribution in [0.5, 0.6) is 5.75 Å². The quantitative estimate of drug-likeness (QED) is 0.171. The van der Waals surface area contributed by atoms with Gasteiger partial charge in [-0.05, 0) is 0 Å². The van der Waals surface area contributed by atoms with Crippen molar-refractivity contribution in [2.75, 3.05) is 9.04 Å². The van der Waals surface area contributed by atoms with Crippen LogP contribution in [0.3, 0.4) is 0 Å². The molecule has 3 rings (SSSR count). The van der Waals surface area contributed by atoms with Crippen molar-refractivity contribution in [3.05, 3.63) is 35.1 Å². The first-order valence-electron chi connectivity index (χ1n) is 11.0. The van der Waals surface area contributed by atoms with E-state index in [-0.39, 0.29) is 21.8 Å². The first-order chi connectivity index (χ1) is 16.6. The van der Waals surface area contributed by atoms with Crippen LogP contribution in [0.15, 0.2) is 24.5 Å². The predicted octanol–water partition coefficient (Wildman–Crippen LogP) is 6.99. The molecule has 1 aromatic carbocycles. The van der Waals surface area contributed by atoms with Crippen molar-refractivity contribution >= 4 is 50.5 Å². The van der Waals surface area contributed by atoms with Crippen LogP contribution < -0.4 is 8.27 Å². The van der Waals surface area contributed by atoms with E-state index >= 15 is 0 Å². The van der Waals surface area contributed by atoms with Gasteiger partial charge in [-0.25, -0.2) is 0 Å². The summed E-state index contributed by atoms with van der Waals surface area (Å²) in [6, 6.07) is 3.80. The number of nitrogens with one attached hydrogen (secondary N) is 1. The number of aryl methyl sites for hydroxylation is 1. The number of ether oxygens (including phenoxy) is 2. The van der Waals surface area contributed by atoms with Crippen LogP contribution in [0.4, 0.5) is 18.0 Å². The SMILES string of the molecule is C=I(COc1ccc(-c2ncnc3sc(C)nc23)cc1C(F)(F)F)(CC(C)C)NC(=O)OC(C)(C)C. The predicted molar refractivity (Wildman–Crippen MR) is 146 cm³/mol. The first kappa shape index (κ1) is 28.2. The van der Waals surface area contributed by atoms with Gasteiger partial charge in [0.15, 0.2) is 0 Å². The molecule has 1 N–H and O–H groups in total. The number of halogens is 4. The van der Waals surface area contributed by atoms with Gasteiger partial charge in [-0.1, -0.05) is 0 Å². The number of hydrogen-bond donors (Lipinski definition) is 1. The van der Waals surface area contributed by atoms with Crippen molar-refractivity contribution in [2.24, 2.45) is 5.92 Å². The zero-order valence-corrected chi connectivity index (χ0v) is 24.0. The summed E-state index contributed by atoms with van der Waals surface area (Å²) >= 11 is -2.11. The van der Waals surface area contributed by atoms with E-state index in [1.54, 1.807) is 27.7 Å². The molecule has 2 aromatic heterocycles. The number of hydrogen-bond acceptors (Lipinski definition) is 7. The number of amides is 1. The van der Waals surface area contributed by atoms with Gasteiger partial charge in [0, 0.05) is 0 Å². The van der Waals surface area contributed by atoms with Gasteiger partial charge in [0.2, 0.25) is 0 Å². The number of fused-ring (bicyclic) bond motifs is 1. The number of thiazole rings is 1. The summed E-state index contributed by atoms with van der Waals surface area (Å²) in [7, 11) is 0.